The largest absolute Gasteiger partial charge is 0.312 e. The van der Waals surface area contributed by atoms with Crippen LogP contribution in [0.2, 0.25) is 0 Å². The minimum absolute atomic E-state index is 0.765. The molecule has 0 aromatic heterocycles. The van der Waals surface area contributed by atoms with Crippen molar-refractivity contribution in [1.82, 2.24) is 10.2 Å². The van der Waals surface area contributed by atoms with Crippen molar-refractivity contribution in [2.75, 3.05) is 31.6 Å². The molecule has 0 aromatic rings. The number of nitrogens with zero attached hydrogens (tertiary/aromatic N) is 1. The highest BCUT2D eigenvalue weighted by Crippen LogP contribution is 2.32. The van der Waals surface area contributed by atoms with Crippen LogP contribution in [-0.2, 0) is 0 Å². The Balaban J connectivity index is 2.14. The van der Waals surface area contributed by atoms with Crippen LogP contribution in [0.4, 0.5) is 0 Å². The summed E-state index contributed by atoms with van der Waals surface area (Å²) in [6.07, 6.45) is 1.40. The molecule has 0 aromatic carbocycles. The monoisotopic (exact) mass is 228 g/mol. The normalized spacial score (nSPS) is 38.8. The quantitative estimate of drug-likeness (QED) is 0.735. The number of hydrogen-bond donors (Lipinski definition) is 1. The van der Waals surface area contributed by atoms with Crippen LogP contribution in [0.15, 0.2) is 0 Å². The van der Waals surface area contributed by atoms with Gasteiger partial charge >= 0.3 is 0 Å². The van der Waals surface area contributed by atoms with Crippen LogP contribution >= 0.6 is 11.8 Å². The summed E-state index contributed by atoms with van der Waals surface area (Å²) in [5.41, 5.74) is 0. The Morgan fingerprint density at radius 3 is 2.93 bits per heavy atom. The second-order valence-corrected chi connectivity index (χ2v) is 6.45. The number of fused-ring (bicyclic) bond motifs is 1. The molecule has 1 unspecified atom stereocenters. The molecule has 2 aliphatic heterocycles. The van der Waals surface area contributed by atoms with Crippen LogP contribution < -0.4 is 5.32 Å². The van der Waals surface area contributed by atoms with Gasteiger partial charge in [0.05, 0.1) is 0 Å². The van der Waals surface area contributed by atoms with Gasteiger partial charge in [0.15, 0.2) is 0 Å². The minimum atomic E-state index is 0.765. The number of rotatable bonds is 1. The average molecular weight is 228 g/mol. The molecule has 15 heavy (non-hydrogen) atoms. The van der Waals surface area contributed by atoms with Crippen molar-refractivity contribution in [2.45, 2.75) is 32.4 Å². The maximum absolute atomic E-state index is 3.74. The Morgan fingerprint density at radius 2 is 2.20 bits per heavy atom. The minimum Gasteiger partial charge on any atom is -0.312 e. The highest BCUT2D eigenvalue weighted by molar-refractivity contribution is 7.99. The third kappa shape index (κ3) is 2.51. The number of nitrogens with one attached hydrogen (secondary N) is 1. The summed E-state index contributed by atoms with van der Waals surface area (Å²) < 4.78 is 0. The first-order valence-electron chi connectivity index (χ1n) is 6.21. The molecular formula is C12H24N2S. The molecule has 2 heterocycles. The zero-order valence-corrected chi connectivity index (χ0v) is 11.0. The van der Waals surface area contributed by atoms with E-state index in [4.69, 9.17) is 0 Å². The van der Waals surface area contributed by atoms with E-state index in [1.54, 1.807) is 0 Å². The van der Waals surface area contributed by atoms with Gasteiger partial charge in [-0.15, -0.1) is 0 Å². The molecule has 2 saturated heterocycles. The van der Waals surface area contributed by atoms with E-state index < -0.39 is 0 Å². The standard InChI is InChI=1S/C12H24N2S/c1-9(2)12-10-4-7-15-8-11(10)13-5-6-14(12)3/h9-13H,4-8H2,1-3H3/t10-,11?,12+/m1/s1. The fourth-order valence-electron chi connectivity index (χ4n) is 3.28. The second-order valence-electron chi connectivity index (χ2n) is 5.30. The Bertz CT molecular complexity index is 208. The van der Waals surface area contributed by atoms with E-state index in [1.807, 2.05) is 0 Å². The first-order chi connectivity index (χ1) is 7.20. The maximum Gasteiger partial charge on any atom is 0.0202 e. The number of thioether (sulfide) groups is 1. The average Bonchev–Trinajstić information content (AvgIpc) is 2.35. The number of hydrogen-bond acceptors (Lipinski definition) is 3. The van der Waals surface area contributed by atoms with Crippen LogP contribution in [-0.4, -0.2) is 48.6 Å². The van der Waals surface area contributed by atoms with Crippen molar-refractivity contribution in [1.29, 1.82) is 0 Å². The van der Waals surface area contributed by atoms with Gasteiger partial charge in [0, 0.05) is 30.9 Å². The molecule has 2 fully saturated rings. The van der Waals surface area contributed by atoms with Crippen molar-refractivity contribution >= 4 is 11.8 Å². The summed E-state index contributed by atoms with van der Waals surface area (Å²) in [5.74, 6) is 4.34. The molecule has 0 bridgehead atoms. The second kappa shape index (κ2) is 5.07. The SMILES string of the molecule is CC(C)[C@H]1[C@@H]2CCSCC2NCCN1C. The summed E-state index contributed by atoms with van der Waals surface area (Å²) >= 11 is 2.12. The third-order valence-electron chi connectivity index (χ3n) is 3.91. The summed E-state index contributed by atoms with van der Waals surface area (Å²) in [5, 5.41) is 3.74. The molecule has 0 spiro atoms. The van der Waals surface area contributed by atoms with E-state index in [9.17, 15) is 0 Å². The van der Waals surface area contributed by atoms with Crippen LogP contribution in [0.3, 0.4) is 0 Å². The van der Waals surface area contributed by atoms with Gasteiger partial charge in [-0.25, -0.2) is 0 Å². The van der Waals surface area contributed by atoms with Gasteiger partial charge in [0.2, 0.25) is 0 Å². The molecule has 0 amide bonds. The lowest BCUT2D eigenvalue weighted by molar-refractivity contribution is 0.133. The molecule has 2 aliphatic rings. The number of likely N-dealkylation sites (N-methyl/N-ethyl adjacent to an activating group) is 1. The lowest BCUT2D eigenvalue weighted by Crippen LogP contribution is -2.48. The van der Waals surface area contributed by atoms with E-state index in [0.717, 1.165) is 23.9 Å². The van der Waals surface area contributed by atoms with Gasteiger partial charge in [-0.1, -0.05) is 13.8 Å². The predicted octanol–water partition coefficient (Wildman–Crippen LogP) is 1.67. The van der Waals surface area contributed by atoms with Crippen molar-refractivity contribution in [3.63, 3.8) is 0 Å². The zero-order valence-electron chi connectivity index (χ0n) is 10.2. The lowest BCUT2D eigenvalue weighted by Gasteiger charge is -2.40. The Morgan fingerprint density at radius 1 is 1.40 bits per heavy atom. The van der Waals surface area contributed by atoms with E-state index in [1.165, 1.54) is 31.0 Å². The molecule has 0 radical (unpaired) electrons. The van der Waals surface area contributed by atoms with Crippen LogP contribution in [0.25, 0.3) is 0 Å². The molecule has 1 N–H and O–H groups in total. The first-order valence-corrected chi connectivity index (χ1v) is 7.37. The van der Waals surface area contributed by atoms with Crippen molar-refractivity contribution < 1.29 is 0 Å². The van der Waals surface area contributed by atoms with E-state index in [-0.39, 0.29) is 0 Å². The Hall–Kier alpha value is 0.270. The molecule has 2 nitrogen and oxygen atoms in total. The lowest BCUT2D eigenvalue weighted by atomic mass is 9.83. The summed E-state index contributed by atoms with van der Waals surface area (Å²) in [6.45, 7) is 7.14. The maximum atomic E-state index is 3.74. The van der Waals surface area contributed by atoms with Crippen LogP contribution in [0.1, 0.15) is 20.3 Å². The van der Waals surface area contributed by atoms with Crippen molar-refractivity contribution in [3.05, 3.63) is 0 Å². The molecule has 3 heteroatoms. The molecule has 88 valence electrons. The van der Waals surface area contributed by atoms with Gasteiger partial charge in [0.1, 0.15) is 0 Å². The van der Waals surface area contributed by atoms with Gasteiger partial charge in [-0.3, -0.25) is 0 Å². The van der Waals surface area contributed by atoms with E-state index >= 15 is 0 Å². The van der Waals surface area contributed by atoms with E-state index in [0.29, 0.717) is 0 Å². The zero-order chi connectivity index (χ0) is 10.8. The van der Waals surface area contributed by atoms with Crippen LogP contribution in [0.5, 0.6) is 0 Å². The Kier molecular flexibility index (Phi) is 3.97. The predicted molar refractivity (Wildman–Crippen MR) is 68.5 cm³/mol. The Labute approximate surface area is 98.2 Å². The van der Waals surface area contributed by atoms with Gasteiger partial charge in [0.25, 0.3) is 0 Å². The van der Waals surface area contributed by atoms with Gasteiger partial charge in [-0.05, 0) is 31.1 Å². The van der Waals surface area contributed by atoms with Gasteiger partial charge < -0.3 is 10.2 Å². The fourth-order valence-corrected chi connectivity index (χ4v) is 4.50. The molecule has 0 aliphatic carbocycles. The summed E-state index contributed by atoms with van der Waals surface area (Å²) in [7, 11) is 2.30. The molecule has 2 rings (SSSR count). The summed E-state index contributed by atoms with van der Waals surface area (Å²) in [4.78, 5) is 2.58. The topological polar surface area (TPSA) is 15.3 Å². The van der Waals surface area contributed by atoms with Gasteiger partial charge in [-0.2, -0.15) is 11.8 Å². The van der Waals surface area contributed by atoms with Crippen molar-refractivity contribution in [2.24, 2.45) is 11.8 Å². The highest BCUT2D eigenvalue weighted by Gasteiger charge is 2.37. The first kappa shape index (κ1) is 11.7. The highest BCUT2D eigenvalue weighted by atomic mass is 32.2. The fraction of sp³-hybridized carbons (Fsp3) is 1.00. The van der Waals surface area contributed by atoms with E-state index in [2.05, 4.69) is 42.9 Å². The third-order valence-corrected chi connectivity index (χ3v) is 5.03. The smallest absolute Gasteiger partial charge is 0.0202 e. The molecule has 3 atom stereocenters. The molecular weight excluding hydrogens is 204 g/mol. The van der Waals surface area contributed by atoms with Crippen molar-refractivity contribution in [3.8, 4) is 0 Å². The molecule has 0 saturated carbocycles. The van der Waals surface area contributed by atoms with Crippen LogP contribution in [0, 0.1) is 11.8 Å². The summed E-state index contributed by atoms with van der Waals surface area (Å²) in [6, 6.07) is 1.55.